The van der Waals surface area contributed by atoms with Crippen LogP contribution in [0.2, 0.25) is 0 Å². The number of hydrogen-bond acceptors (Lipinski definition) is 4. The highest BCUT2D eigenvalue weighted by molar-refractivity contribution is 5.87. The van der Waals surface area contributed by atoms with E-state index in [1.807, 2.05) is 6.92 Å². The van der Waals surface area contributed by atoms with Crippen LogP contribution in [0.25, 0.3) is 0 Å². The van der Waals surface area contributed by atoms with Crippen molar-refractivity contribution in [2.75, 3.05) is 0 Å². The SMILES string of the molecule is CC1CCCCC1(NC(=O)Cn1cncn1)C(=O)O. The molecule has 0 aromatic carbocycles. The number of nitrogens with one attached hydrogen (secondary N) is 1. The minimum absolute atomic E-state index is 0.0122. The molecule has 1 aliphatic rings. The molecule has 1 heterocycles. The highest BCUT2D eigenvalue weighted by Crippen LogP contribution is 2.33. The van der Waals surface area contributed by atoms with E-state index in [9.17, 15) is 14.7 Å². The summed E-state index contributed by atoms with van der Waals surface area (Å²) in [5.41, 5.74) is -1.14. The lowest BCUT2D eigenvalue weighted by atomic mass is 9.73. The summed E-state index contributed by atoms with van der Waals surface area (Å²) in [7, 11) is 0. The Morgan fingerprint density at radius 1 is 1.53 bits per heavy atom. The van der Waals surface area contributed by atoms with E-state index < -0.39 is 11.5 Å². The lowest BCUT2D eigenvalue weighted by molar-refractivity contribution is -0.152. The van der Waals surface area contributed by atoms with Crippen LogP contribution in [0.1, 0.15) is 32.6 Å². The summed E-state index contributed by atoms with van der Waals surface area (Å²) in [6.45, 7) is 1.87. The van der Waals surface area contributed by atoms with Gasteiger partial charge >= 0.3 is 5.97 Å². The summed E-state index contributed by atoms with van der Waals surface area (Å²) in [6.07, 6.45) is 5.89. The van der Waals surface area contributed by atoms with Crippen molar-refractivity contribution in [1.29, 1.82) is 0 Å². The molecule has 1 saturated carbocycles. The molecule has 0 spiro atoms. The lowest BCUT2D eigenvalue weighted by Gasteiger charge is -2.39. The van der Waals surface area contributed by atoms with Crippen LogP contribution in [0.4, 0.5) is 0 Å². The molecule has 1 aromatic heterocycles. The van der Waals surface area contributed by atoms with Gasteiger partial charge in [0.1, 0.15) is 24.7 Å². The van der Waals surface area contributed by atoms with E-state index in [1.165, 1.54) is 17.3 Å². The summed E-state index contributed by atoms with van der Waals surface area (Å²) in [5.74, 6) is -1.37. The van der Waals surface area contributed by atoms with Crippen LogP contribution in [0, 0.1) is 5.92 Å². The Bertz CT molecular complexity index is 460. The van der Waals surface area contributed by atoms with Crippen LogP contribution in [-0.2, 0) is 16.1 Å². The third-order valence-corrected chi connectivity index (χ3v) is 3.82. The number of hydrogen-bond donors (Lipinski definition) is 2. The first-order chi connectivity index (χ1) is 9.04. The van der Waals surface area contributed by atoms with Gasteiger partial charge in [-0.25, -0.2) is 14.5 Å². The monoisotopic (exact) mass is 266 g/mol. The molecule has 1 fully saturated rings. The maximum Gasteiger partial charge on any atom is 0.329 e. The average Bonchev–Trinajstić information content (AvgIpc) is 2.84. The van der Waals surface area contributed by atoms with E-state index in [-0.39, 0.29) is 18.4 Å². The molecule has 2 unspecified atom stereocenters. The van der Waals surface area contributed by atoms with Gasteiger partial charge < -0.3 is 10.4 Å². The van der Waals surface area contributed by atoms with Gasteiger partial charge in [0.2, 0.25) is 5.91 Å². The van der Waals surface area contributed by atoms with E-state index >= 15 is 0 Å². The highest BCUT2D eigenvalue weighted by atomic mass is 16.4. The molecule has 1 aromatic rings. The zero-order chi connectivity index (χ0) is 13.9. The van der Waals surface area contributed by atoms with Crippen LogP contribution in [-0.4, -0.2) is 37.3 Å². The van der Waals surface area contributed by atoms with Gasteiger partial charge in [-0.2, -0.15) is 5.10 Å². The molecule has 0 radical (unpaired) electrons. The Kier molecular flexibility index (Phi) is 3.82. The first-order valence-corrected chi connectivity index (χ1v) is 6.41. The Labute approximate surface area is 111 Å². The van der Waals surface area contributed by atoms with E-state index in [1.54, 1.807) is 0 Å². The van der Waals surface area contributed by atoms with E-state index in [0.29, 0.717) is 6.42 Å². The summed E-state index contributed by atoms with van der Waals surface area (Å²) in [5, 5.41) is 16.0. The molecule has 7 nitrogen and oxygen atoms in total. The number of aromatic nitrogens is 3. The summed E-state index contributed by atoms with van der Waals surface area (Å²) < 4.78 is 1.37. The Balaban J connectivity index is 2.08. The molecule has 2 N–H and O–H groups in total. The third-order valence-electron chi connectivity index (χ3n) is 3.82. The molecule has 7 heteroatoms. The first kappa shape index (κ1) is 13.5. The maximum atomic E-state index is 12.0. The number of carbonyl (C=O) groups excluding carboxylic acids is 1. The van der Waals surface area contributed by atoms with Crippen molar-refractivity contribution in [3.05, 3.63) is 12.7 Å². The van der Waals surface area contributed by atoms with Crippen molar-refractivity contribution in [2.45, 2.75) is 44.7 Å². The second-order valence-electron chi connectivity index (χ2n) is 5.06. The van der Waals surface area contributed by atoms with E-state index in [2.05, 4.69) is 15.4 Å². The zero-order valence-corrected chi connectivity index (χ0v) is 10.9. The second kappa shape index (κ2) is 5.38. The number of carboxylic acid groups (broad SMARTS) is 1. The van der Waals surface area contributed by atoms with Gasteiger partial charge in [0.15, 0.2) is 0 Å². The number of rotatable bonds is 4. The van der Waals surface area contributed by atoms with Crippen molar-refractivity contribution >= 4 is 11.9 Å². The standard InChI is InChI=1S/C12H18N4O3/c1-9-4-2-3-5-12(9,11(18)19)15-10(17)6-16-8-13-7-14-16/h7-9H,2-6H2,1H3,(H,15,17)(H,18,19). The molecule has 0 saturated heterocycles. The smallest absolute Gasteiger partial charge is 0.329 e. The predicted octanol–water partition coefficient (Wildman–Crippen LogP) is 0.428. The Hall–Kier alpha value is -1.92. The van der Waals surface area contributed by atoms with Crippen LogP contribution in [0.3, 0.4) is 0 Å². The summed E-state index contributed by atoms with van der Waals surface area (Å²) in [6, 6.07) is 0. The van der Waals surface area contributed by atoms with Crippen molar-refractivity contribution in [3.63, 3.8) is 0 Å². The minimum Gasteiger partial charge on any atom is -0.479 e. The fourth-order valence-corrected chi connectivity index (χ4v) is 2.65. The molecule has 1 amide bonds. The third kappa shape index (κ3) is 2.74. The van der Waals surface area contributed by atoms with Gasteiger partial charge in [0.25, 0.3) is 0 Å². The van der Waals surface area contributed by atoms with Gasteiger partial charge in [-0.05, 0) is 18.8 Å². The molecular weight excluding hydrogens is 248 g/mol. The van der Waals surface area contributed by atoms with E-state index in [4.69, 9.17) is 0 Å². The van der Waals surface area contributed by atoms with Gasteiger partial charge in [-0.15, -0.1) is 0 Å². The fraction of sp³-hybridized carbons (Fsp3) is 0.667. The van der Waals surface area contributed by atoms with Crippen molar-refractivity contribution < 1.29 is 14.7 Å². The van der Waals surface area contributed by atoms with Crippen LogP contribution < -0.4 is 5.32 Å². The average molecular weight is 266 g/mol. The van der Waals surface area contributed by atoms with Gasteiger partial charge in [-0.3, -0.25) is 4.79 Å². The minimum atomic E-state index is -1.14. The number of nitrogens with zero attached hydrogens (tertiary/aromatic N) is 3. The topological polar surface area (TPSA) is 97.1 Å². The lowest BCUT2D eigenvalue weighted by Crippen LogP contribution is -2.60. The van der Waals surface area contributed by atoms with Gasteiger partial charge in [0.05, 0.1) is 0 Å². The van der Waals surface area contributed by atoms with E-state index in [0.717, 1.165) is 19.3 Å². The normalized spacial score (nSPS) is 26.9. The van der Waals surface area contributed by atoms with Crippen molar-refractivity contribution in [3.8, 4) is 0 Å². The predicted molar refractivity (Wildman–Crippen MR) is 66.2 cm³/mol. The molecule has 2 atom stereocenters. The first-order valence-electron chi connectivity index (χ1n) is 6.41. The largest absolute Gasteiger partial charge is 0.479 e. The van der Waals surface area contributed by atoms with Crippen LogP contribution in [0.15, 0.2) is 12.7 Å². The molecule has 0 aliphatic heterocycles. The molecule has 2 rings (SSSR count). The van der Waals surface area contributed by atoms with Gasteiger partial charge in [-0.1, -0.05) is 19.8 Å². The van der Waals surface area contributed by atoms with Crippen molar-refractivity contribution in [1.82, 2.24) is 20.1 Å². The molecule has 1 aliphatic carbocycles. The molecule has 19 heavy (non-hydrogen) atoms. The Morgan fingerprint density at radius 3 is 2.89 bits per heavy atom. The molecule has 0 bridgehead atoms. The summed E-state index contributed by atoms with van der Waals surface area (Å²) in [4.78, 5) is 27.3. The summed E-state index contributed by atoms with van der Waals surface area (Å²) >= 11 is 0. The zero-order valence-electron chi connectivity index (χ0n) is 10.9. The number of amides is 1. The fourth-order valence-electron chi connectivity index (χ4n) is 2.65. The highest BCUT2D eigenvalue weighted by Gasteiger charge is 2.46. The van der Waals surface area contributed by atoms with Crippen LogP contribution >= 0.6 is 0 Å². The van der Waals surface area contributed by atoms with Crippen molar-refractivity contribution in [2.24, 2.45) is 5.92 Å². The van der Waals surface area contributed by atoms with Crippen LogP contribution in [0.5, 0.6) is 0 Å². The van der Waals surface area contributed by atoms with Gasteiger partial charge in [0, 0.05) is 0 Å². The second-order valence-corrected chi connectivity index (χ2v) is 5.06. The molecule has 104 valence electrons. The maximum absolute atomic E-state index is 12.0. The number of carboxylic acids is 1. The quantitative estimate of drug-likeness (QED) is 0.823. The Morgan fingerprint density at radius 2 is 2.32 bits per heavy atom. The molecular formula is C12H18N4O3. The number of carbonyl (C=O) groups is 2. The number of aliphatic carboxylic acids is 1.